The van der Waals surface area contributed by atoms with Crippen LogP contribution in [-0.4, -0.2) is 38.0 Å². The van der Waals surface area contributed by atoms with Crippen molar-refractivity contribution in [2.45, 2.75) is 19.6 Å². The first kappa shape index (κ1) is 15.8. The van der Waals surface area contributed by atoms with Crippen molar-refractivity contribution < 1.29 is 18.3 Å². The Morgan fingerprint density at radius 2 is 2.00 bits per heavy atom. The Kier molecular flexibility index (Phi) is 5.62. The maximum absolute atomic E-state index is 12.5. The SMILES string of the molecule is CNCc1ccc(N(CCO)CC(F)(F)F)cc1C. The number of hydrogen-bond acceptors (Lipinski definition) is 3. The minimum Gasteiger partial charge on any atom is -0.395 e. The second-order valence-electron chi connectivity index (χ2n) is 4.40. The molecule has 0 aliphatic carbocycles. The van der Waals surface area contributed by atoms with E-state index in [1.165, 1.54) is 0 Å². The molecule has 1 aromatic carbocycles. The number of halogens is 3. The molecule has 0 unspecified atom stereocenters. The molecule has 0 radical (unpaired) electrons. The van der Waals surface area contributed by atoms with Gasteiger partial charge in [-0.15, -0.1) is 0 Å². The molecular formula is C13H19F3N2O. The van der Waals surface area contributed by atoms with E-state index in [2.05, 4.69) is 5.32 Å². The summed E-state index contributed by atoms with van der Waals surface area (Å²) in [4.78, 5) is 1.14. The molecule has 0 saturated carbocycles. The summed E-state index contributed by atoms with van der Waals surface area (Å²) >= 11 is 0. The van der Waals surface area contributed by atoms with Gasteiger partial charge in [-0.3, -0.25) is 0 Å². The van der Waals surface area contributed by atoms with E-state index in [1.54, 1.807) is 12.1 Å². The average molecular weight is 276 g/mol. The number of hydrogen-bond donors (Lipinski definition) is 2. The van der Waals surface area contributed by atoms with Crippen LogP contribution in [0.5, 0.6) is 0 Å². The molecule has 1 rings (SSSR count). The molecule has 0 bridgehead atoms. The first-order valence-electron chi connectivity index (χ1n) is 6.04. The maximum atomic E-state index is 12.5. The summed E-state index contributed by atoms with van der Waals surface area (Å²) in [6.07, 6.45) is -4.28. The normalized spacial score (nSPS) is 11.7. The molecular weight excluding hydrogens is 257 g/mol. The van der Waals surface area contributed by atoms with Crippen LogP contribution in [0.2, 0.25) is 0 Å². The molecule has 0 aliphatic rings. The summed E-state index contributed by atoms with van der Waals surface area (Å²) in [5, 5.41) is 11.9. The van der Waals surface area contributed by atoms with Gasteiger partial charge in [-0.2, -0.15) is 13.2 Å². The molecule has 0 amide bonds. The van der Waals surface area contributed by atoms with Gasteiger partial charge in [0.25, 0.3) is 0 Å². The molecule has 0 spiro atoms. The Balaban J connectivity index is 2.93. The third kappa shape index (κ3) is 5.08. The van der Waals surface area contributed by atoms with Crippen molar-refractivity contribution in [3.05, 3.63) is 29.3 Å². The zero-order valence-corrected chi connectivity index (χ0v) is 11.1. The zero-order valence-electron chi connectivity index (χ0n) is 11.1. The molecule has 6 heteroatoms. The summed E-state index contributed by atoms with van der Waals surface area (Å²) in [6, 6.07) is 5.18. The molecule has 0 fully saturated rings. The lowest BCUT2D eigenvalue weighted by Gasteiger charge is -2.26. The molecule has 108 valence electrons. The fourth-order valence-corrected chi connectivity index (χ4v) is 1.90. The van der Waals surface area contributed by atoms with Crippen LogP contribution < -0.4 is 10.2 Å². The summed E-state index contributed by atoms with van der Waals surface area (Å²) in [5.74, 6) is 0. The third-order valence-electron chi connectivity index (χ3n) is 2.80. The van der Waals surface area contributed by atoms with Crippen molar-refractivity contribution in [1.29, 1.82) is 0 Å². The third-order valence-corrected chi connectivity index (χ3v) is 2.80. The van der Waals surface area contributed by atoms with Crippen molar-refractivity contribution in [1.82, 2.24) is 5.32 Å². The van der Waals surface area contributed by atoms with Gasteiger partial charge in [0.1, 0.15) is 6.54 Å². The van der Waals surface area contributed by atoms with E-state index in [0.717, 1.165) is 16.0 Å². The predicted octanol–water partition coefficient (Wildman–Crippen LogP) is 2.08. The first-order chi connectivity index (χ1) is 8.87. The predicted molar refractivity (Wildman–Crippen MR) is 69.3 cm³/mol. The van der Waals surface area contributed by atoms with Gasteiger partial charge in [0, 0.05) is 18.8 Å². The largest absolute Gasteiger partial charge is 0.405 e. The highest BCUT2D eigenvalue weighted by molar-refractivity contribution is 5.51. The van der Waals surface area contributed by atoms with Gasteiger partial charge < -0.3 is 15.3 Å². The molecule has 2 N–H and O–H groups in total. The van der Waals surface area contributed by atoms with E-state index in [1.807, 2.05) is 20.0 Å². The second-order valence-corrected chi connectivity index (χ2v) is 4.40. The molecule has 0 heterocycles. The van der Waals surface area contributed by atoms with Crippen LogP contribution in [-0.2, 0) is 6.54 Å². The van der Waals surface area contributed by atoms with Gasteiger partial charge in [-0.25, -0.2) is 0 Å². The van der Waals surface area contributed by atoms with Gasteiger partial charge in [-0.1, -0.05) is 6.07 Å². The van der Waals surface area contributed by atoms with E-state index in [4.69, 9.17) is 5.11 Å². The molecule has 0 aromatic heterocycles. The lowest BCUT2D eigenvalue weighted by molar-refractivity contribution is -0.119. The van der Waals surface area contributed by atoms with Crippen molar-refractivity contribution in [2.24, 2.45) is 0 Å². The smallest absolute Gasteiger partial charge is 0.395 e. The Morgan fingerprint density at radius 3 is 2.47 bits per heavy atom. The van der Waals surface area contributed by atoms with Gasteiger partial charge in [0.2, 0.25) is 0 Å². The van der Waals surface area contributed by atoms with Crippen molar-refractivity contribution in [2.75, 3.05) is 31.6 Å². The summed E-state index contributed by atoms with van der Waals surface area (Å²) in [5.41, 5.74) is 2.45. The zero-order chi connectivity index (χ0) is 14.5. The number of benzene rings is 1. The highest BCUT2D eigenvalue weighted by Gasteiger charge is 2.30. The van der Waals surface area contributed by atoms with E-state index in [0.29, 0.717) is 12.2 Å². The van der Waals surface area contributed by atoms with Gasteiger partial charge in [0.05, 0.1) is 6.61 Å². The minimum atomic E-state index is -4.28. The standard InChI is InChI=1S/C13H19F3N2O/c1-10-7-12(4-3-11(10)8-17-2)18(5-6-19)9-13(14,15)16/h3-4,7,17,19H,5-6,8-9H2,1-2H3. The number of rotatable bonds is 6. The number of anilines is 1. The molecule has 0 aliphatic heterocycles. The summed E-state index contributed by atoms with van der Waals surface area (Å²) in [7, 11) is 1.81. The van der Waals surface area contributed by atoms with Crippen LogP contribution in [0.1, 0.15) is 11.1 Å². The number of nitrogens with zero attached hydrogens (tertiary/aromatic N) is 1. The Bertz CT molecular complexity index is 407. The topological polar surface area (TPSA) is 35.5 Å². The van der Waals surface area contributed by atoms with Crippen LogP contribution >= 0.6 is 0 Å². The van der Waals surface area contributed by atoms with E-state index in [-0.39, 0.29) is 13.2 Å². The fraction of sp³-hybridized carbons (Fsp3) is 0.538. The van der Waals surface area contributed by atoms with Crippen LogP contribution in [0.4, 0.5) is 18.9 Å². The van der Waals surface area contributed by atoms with Crippen molar-refractivity contribution >= 4 is 5.69 Å². The van der Waals surface area contributed by atoms with Crippen molar-refractivity contribution in [3.8, 4) is 0 Å². The van der Waals surface area contributed by atoms with Crippen molar-refractivity contribution in [3.63, 3.8) is 0 Å². The van der Waals surface area contributed by atoms with E-state index < -0.39 is 12.7 Å². The first-order valence-corrected chi connectivity index (χ1v) is 6.04. The minimum absolute atomic E-state index is 0.0374. The number of aliphatic hydroxyl groups excluding tert-OH is 1. The van der Waals surface area contributed by atoms with Crippen LogP contribution in [0.25, 0.3) is 0 Å². The molecule has 0 saturated heterocycles. The maximum Gasteiger partial charge on any atom is 0.405 e. The highest BCUT2D eigenvalue weighted by Crippen LogP contribution is 2.24. The molecule has 3 nitrogen and oxygen atoms in total. The monoisotopic (exact) mass is 276 g/mol. The number of aliphatic hydroxyl groups is 1. The quantitative estimate of drug-likeness (QED) is 0.835. The van der Waals surface area contributed by atoms with Gasteiger partial charge in [0.15, 0.2) is 0 Å². The fourth-order valence-electron chi connectivity index (χ4n) is 1.90. The van der Waals surface area contributed by atoms with Gasteiger partial charge >= 0.3 is 6.18 Å². The van der Waals surface area contributed by atoms with E-state index >= 15 is 0 Å². The summed E-state index contributed by atoms with van der Waals surface area (Å²) < 4.78 is 37.4. The lowest BCUT2D eigenvalue weighted by Crippen LogP contribution is -2.36. The second kappa shape index (κ2) is 6.77. The number of alkyl halides is 3. The van der Waals surface area contributed by atoms with Crippen LogP contribution in [0.3, 0.4) is 0 Å². The summed E-state index contributed by atoms with van der Waals surface area (Å²) in [6.45, 7) is 1.13. The lowest BCUT2D eigenvalue weighted by atomic mass is 10.1. The highest BCUT2D eigenvalue weighted by atomic mass is 19.4. The van der Waals surface area contributed by atoms with E-state index in [9.17, 15) is 13.2 Å². The Labute approximate surface area is 111 Å². The van der Waals surface area contributed by atoms with Crippen LogP contribution in [0, 0.1) is 6.92 Å². The Hall–Kier alpha value is -1.27. The average Bonchev–Trinajstić information content (AvgIpc) is 2.30. The number of nitrogens with one attached hydrogen (secondary N) is 1. The Morgan fingerprint density at radius 1 is 1.32 bits per heavy atom. The number of aryl methyl sites for hydroxylation is 1. The molecule has 19 heavy (non-hydrogen) atoms. The van der Waals surface area contributed by atoms with Crippen LogP contribution in [0.15, 0.2) is 18.2 Å². The van der Waals surface area contributed by atoms with Gasteiger partial charge in [-0.05, 0) is 37.2 Å². The molecule has 1 aromatic rings. The molecule has 0 atom stereocenters.